The van der Waals surface area contributed by atoms with Gasteiger partial charge in [0.15, 0.2) is 0 Å². The SMILES string of the molecule is Brc1cnc(NCc2cccs2)nc1. The lowest BCUT2D eigenvalue weighted by Crippen LogP contribution is -2.01. The maximum atomic E-state index is 4.11. The van der Waals surface area contributed by atoms with E-state index < -0.39 is 0 Å². The molecule has 2 aromatic heterocycles. The minimum Gasteiger partial charge on any atom is -0.349 e. The highest BCUT2D eigenvalue weighted by Gasteiger charge is 1.96. The summed E-state index contributed by atoms with van der Waals surface area (Å²) in [6.07, 6.45) is 3.45. The molecule has 0 amide bonds. The largest absolute Gasteiger partial charge is 0.349 e. The minimum atomic E-state index is 0.654. The Kier molecular flexibility index (Phi) is 3.10. The summed E-state index contributed by atoms with van der Waals surface area (Å²) in [6, 6.07) is 4.11. The van der Waals surface area contributed by atoms with Crippen LogP contribution in [0.25, 0.3) is 0 Å². The number of halogens is 1. The van der Waals surface area contributed by atoms with Crippen molar-refractivity contribution in [3.8, 4) is 0 Å². The van der Waals surface area contributed by atoms with Crippen LogP contribution in [0.15, 0.2) is 34.4 Å². The molecule has 0 bridgehead atoms. The lowest BCUT2D eigenvalue weighted by atomic mass is 10.5. The van der Waals surface area contributed by atoms with Gasteiger partial charge in [-0.1, -0.05) is 6.07 Å². The van der Waals surface area contributed by atoms with Crippen molar-refractivity contribution >= 4 is 33.2 Å². The van der Waals surface area contributed by atoms with Gasteiger partial charge in [0.05, 0.1) is 11.0 Å². The molecule has 0 aromatic carbocycles. The fourth-order valence-electron chi connectivity index (χ4n) is 0.983. The standard InChI is InChI=1S/C9H8BrN3S/c10-7-4-11-9(12-5-7)13-6-8-2-1-3-14-8/h1-5H,6H2,(H,11,12,13). The molecule has 14 heavy (non-hydrogen) atoms. The second-order valence-electron chi connectivity index (χ2n) is 2.66. The van der Waals surface area contributed by atoms with Crippen molar-refractivity contribution in [2.45, 2.75) is 6.54 Å². The Morgan fingerprint density at radius 2 is 2.14 bits per heavy atom. The van der Waals surface area contributed by atoms with Crippen LogP contribution in [0.2, 0.25) is 0 Å². The molecule has 5 heteroatoms. The number of anilines is 1. The molecule has 0 unspecified atom stereocenters. The van der Waals surface area contributed by atoms with E-state index in [1.54, 1.807) is 23.7 Å². The number of rotatable bonds is 3. The summed E-state index contributed by atoms with van der Waals surface area (Å²) in [5.41, 5.74) is 0. The lowest BCUT2D eigenvalue weighted by Gasteiger charge is -2.01. The Hall–Kier alpha value is -0.940. The molecule has 0 atom stereocenters. The van der Waals surface area contributed by atoms with Crippen molar-refractivity contribution in [2.24, 2.45) is 0 Å². The second-order valence-corrected chi connectivity index (χ2v) is 4.61. The molecule has 2 rings (SSSR count). The fraction of sp³-hybridized carbons (Fsp3) is 0.111. The molecular weight excluding hydrogens is 262 g/mol. The summed E-state index contributed by atoms with van der Waals surface area (Å²) in [5, 5.41) is 5.20. The van der Waals surface area contributed by atoms with Crippen LogP contribution in [0, 0.1) is 0 Å². The van der Waals surface area contributed by atoms with Crippen LogP contribution >= 0.6 is 27.3 Å². The first-order valence-corrected chi connectivity index (χ1v) is 5.75. The molecule has 72 valence electrons. The Morgan fingerprint density at radius 1 is 1.36 bits per heavy atom. The van der Waals surface area contributed by atoms with Gasteiger partial charge in [0.2, 0.25) is 5.95 Å². The Morgan fingerprint density at radius 3 is 2.79 bits per heavy atom. The molecule has 1 N–H and O–H groups in total. The molecule has 3 nitrogen and oxygen atoms in total. The Balaban J connectivity index is 1.95. The molecule has 0 aliphatic heterocycles. The van der Waals surface area contributed by atoms with Crippen LogP contribution in [-0.2, 0) is 6.54 Å². The van der Waals surface area contributed by atoms with E-state index >= 15 is 0 Å². The summed E-state index contributed by atoms with van der Waals surface area (Å²) in [5.74, 6) is 0.654. The highest BCUT2D eigenvalue weighted by molar-refractivity contribution is 9.10. The summed E-state index contributed by atoms with van der Waals surface area (Å²) in [4.78, 5) is 9.50. The molecular formula is C9H8BrN3S. The fourth-order valence-corrected chi connectivity index (χ4v) is 1.83. The maximum absolute atomic E-state index is 4.11. The van der Waals surface area contributed by atoms with Gasteiger partial charge in [0.1, 0.15) is 0 Å². The molecule has 0 spiro atoms. The zero-order chi connectivity index (χ0) is 9.80. The maximum Gasteiger partial charge on any atom is 0.222 e. The van der Waals surface area contributed by atoms with Gasteiger partial charge < -0.3 is 5.32 Å². The zero-order valence-corrected chi connectivity index (χ0v) is 9.68. The quantitative estimate of drug-likeness (QED) is 0.931. The average molecular weight is 270 g/mol. The monoisotopic (exact) mass is 269 g/mol. The molecule has 0 fully saturated rings. The van der Waals surface area contributed by atoms with E-state index in [4.69, 9.17) is 0 Å². The number of aromatic nitrogens is 2. The van der Waals surface area contributed by atoms with Crippen LogP contribution in [0.4, 0.5) is 5.95 Å². The van der Waals surface area contributed by atoms with E-state index in [0.717, 1.165) is 11.0 Å². The highest BCUT2D eigenvalue weighted by Crippen LogP contribution is 2.11. The Bertz CT molecular complexity index is 385. The first kappa shape index (κ1) is 9.61. The second kappa shape index (κ2) is 4.52. The van der Waals surface area contributed by atoms with Crippen molar-refractivity contribution in [3.05, 3.63) is 39.3 Å². The summed E-state index contributed by atoms with van der Waals surface area (Å²) in [6.45, 7) is 0.777. The van der Waals surface area contributed by atoms with Crippen LogP contribution in [0.5, 0.6) is 0 Å². The first-order chi connectivity index (χ1) is 6.84. The smallest absolute Gasteiger partial charge is 0.222 e. The third-order valence-corrected chi connectivity index (χ3v) is 2.91. The van der Waals surface area contributed by atoms with Crippen LogP contribution in [-0.4, -0.2) is 9.97 Å². The molecule has 2 heterocycles. The molecule has 2 aromatic rings. The topological polar surface area (TPSA) is 37.8 Å². The molecule has 0 aliphatic carbocycles. The number of hydrogen-bond donors (Lipinski definition) is 1. The lowest BCUT2D eigenvalue weighted by molar-refractivity contribution is 1.06. The van der Waals surface area contributed by atoms with Crippen LogP contribution < -0.4 is 5.32 Å². The van der Waals surface area contributed by atoms with Crippen molar-refractivity contribution < 1.29 is 0 Å². The average Bonchev–Trinajstić information content (AvgIpc) is 2.70. The molecule has 0 aliphatic rings. The third kappa shape index (κ3) is 2.52. The van der Waals surface area contributed by atoms with Crippen molar-refractivity contribution in [3.63, 3.8) is 0 Å². The third-order valence-electron chi connectivity index (χ3n) is 1.62. The van der Waals surface area contributed by atoms with Gasteiger partial charge >= 0.3 is 0 Å². The normalized spacial score (nSPS) is 10.1. The van der Waals surface area contributed by atoms with E-state index in [-0.39, 0.29) is 0 Å². The summed E-state index contributed by atoms with van der Waals surface area (Å²) >= 11 is 5.00. The molecule has 0 saturated carbocycles. The molecule has 0 radical (unpaired) electrons. The van der Waals surface area contributed by atoms with Crippen LogP contribution in [0.1, 0.15) is 4.88 Å². The van der Waals surface area contributed by atoms with E-state index in [1.807, 2.05) is 6.07 Å². The zero-order valence-electron chi connectivity index (χ0n) is 7.27. The van der Waals surface area contributed by atoms with Crippen LogP contribution in [0.3, 0.4) is 0 Å². The van der Waals surface area contributed by atoms with Gasteiger partial charge in [-0.3, -0.25) is 0 Å². The van der Waals surface area contributed by atoms with Crippen molar-refractivity contribution in [1.29, 1.82) is 0 Å². The van der Waals surface area contributed by atoms with Gasteiger partial charge in [-0.05, 0) is 27.4 Å². The number of nitrogens with one attached hydrogen (secondary N) is 1. The van der Waals surface area contributed by atoms with Crippen molar-refractivity contribution in [2.75, 3.05) is 5.32 Å². The number of thiophene rings is 1. The van der Waals surface area contributed by atoms with E-state index in [1.165, 1.54) is 4.88 Å². The predicted octanol–water partition coefficient (Wildman–Crippen LogP) is 2.91. The number of nitrogens with zero attached hydrogens (tertiary/aromatic N) is 2. The van der Waals surface area contributed by atoms with E-state index in [0.29, 0.717) is 5.95 Å². The minimum absolute atomic E-state index is 0.654. The van der Waals surface area contributed by atoms with Crippen molar-refractivity contribution in [1.82, 2.24) is 9.97 Å². The van der Waals surface area contributed by atoms with E-state index in [2.05, 4.69) is 42.7 Å². The van der Waals surface area contributed by atoms with Gasteiger partial charge in [0.25, 0.3) is 0 Å². The molecule has 0 saturated heterocycles. The predicted molar refractivity (Wildman–Crippen MR) is 61.4 cm³/mol. The van der Waals surface area contributed by atoms with E-state index in [9.17, 15) is 0 Å². The Labute approximate surface area is 94.4 Å². The van der Waals surface area contributed by atoms with Gasteiger partial charge in [0, 0.05) is 17.3 Å². The van der Waals surface area contributed by atoms with Gasteiger partial charge in [-0.15, -0.1) is 11.3 Å². The first-order valence-electron chi connectivity index (χ1n) is 4.08. The summed E-state index contributed by atoms with van der Waals surface area (Å²) < 4.78 is 0.888. The summed E-state index contributed by atoms with van der Waals surface area (Å²) in [7, 11) is 0. The highest BCUT2D eigenvalue weighted by atomic mass is 79.9. The van der Waals surface area contributed by atoms with Gasteiger partial charge in [-0.25, -0.2) is 9.97 Å². The van der Waals surface area contributed by atoms with Gasteiger partial charge in [-0.2, -0.15) is 0 Å². The number of hydrogen-bond acceptors (Lipinski definition) is 4.